The Morgan fingerprint density at radius 1 is 1.12 bits per heavy atom. The van der Waals surface area contributed by atoms with Crippen LogP contribution in [0.3, 0.4) is 0 Å². The Bertz CT molecular complexity index is 892. The van der Waals surface area contributed by atoms with Crippen LogP contribution in [0, 0.1) is 0 Å². The summed E-state index contributed by atoms with van der Waals surface area (Å²) >= 11 is 0. The summed E-state index contributed by atoms with van der Waals surface area (Å²) in [6, 6.07) is 14.9. The maximum atomic E-state index is 6.04. The molecule has 1 aliphatic carbocycles. The fourth-order valence-corrected chi connectivity index (χ4v) is 3.50. The first-order valence-corrected chi connectivity index (χ1v) is 8.53. The number of aromatic nitrogens is 1. The number of guanidine groups is 1. The third-order valence-electron chi connectivity index (χ3n) is 4.72. The summed E-state index contributed by atoms with van der Waals surface area (Å²) in [4.78, 5) is 7.71. The van der Waals surface area contributed by atoms with Crippen LogP contribution in [0.15, 0.2) is 53.7 Å². The number of fused-ring (bicyclic) bond motifs is 2. The van der Waals surface area contributed by atoms with Gasteiger partial charge in [-0.1, -0.05) is 18.2 Å². The van der Waals surface area contributed by atoms with Crippen molar-refractivity contribution in [1.29, 1.82) is 0 Å². The van der Waals surface area contributed by atoms with Crippen LogP contribution in [-0.4, -0.2) is 17.5 Å². The van der Waals surface area contributed by atoms with Gasteiger partial charge in [-0.25, -0.2) is 0 Å². The van der Waals surface area contributed by atoms with E-state index < -0.39 is 0 Å². The first-order chi connectivity index (χ1) is 11.8. The zero-order valence-corrected chi connectivity index (χ0v) is 13.7. The zero-order valence-electron chi connectivity index (χ0n) is 13.7. The molecule has 0 bridgehead atoms. The van der Waals surface area contributed by atoms with Crippen molar-refractivity contribution in [1.82, 2.24) is 4.98 Å². The molecule has 4 rings (SSSR count). The number of aliphatic imine (C=N–C) groups is 1. The van der Waals surface area contributed by atoms with Crippen LogP contribution in [0.1, 0.15) is 23.1 Å². The molecule has 24 heavy (non-hydrogen) atoms. The first-order valence-electron chi connectivity index (χ1n) is 8.53. The summed E-state index contributed by atoms with van der Waals surface area (Å²) in [7, 11) is 0. The summed E-state index contributed by atoms with van der Waals surface area (Å²) in [6.45, 7) is 0.675. The second kappa shape index (κ2) is 6.40. The van der Waals surface area contributed by atoms with Crippen molar-refractivity contribution in [2.45, 2.75) is 25.7 Å². The van der Waals surface area contributed by atoms with E-state index in [4.69, 9.17) is 5.73 Å². The molecule has 122 valence electrons. The van der Waals surface area contributed by atoms with Crippen molar-refractivity contribution >= 4 is 22.5 Å². The van der Waals surface area contributed by atoms with Gasteiger partial charge in [0.05, 0.1) is 0 Å². The Morgan fingerprint density at radius 2 is 2.04 bits per heavy atom. The molecule has 0 saturated carbocycles. The van der Waals surface area contributed by atoms with E-state index in [-0.39, 0.29) is 0 Å². The molecule has 0 atom stereocenters. The van der Waals surface area contributed by atoms with Crippen LogP contribution in [0.25, 0.3) is 10.9 Å². The smallest absolute Gasteiger partial charge is 0.193 e. The Hall–Kier alpha value is -2.75. The van der Waals surface area contributed by atoms with Gasteiger partial charge in [-0.3, -0.25) is 4.99 Å². The molecule has 4 N–H and O–H groups in total. The highest BCUT2D eigenvalue weighted by molar-refractivity contribution is 5.92. The molecule has 0 fully saturated rings. The van der Waals surface area contributed by atoms with Gasteiger partial charge < -0.3 is 16.0 Å². The van der Waals surface area contributed by atoms with Crippen molar-refractivity contribution in [3.05, 3.63) is 65.4 Å². The van der Waals surface area contributed by atoms with Gasteiger partial charge in [0, 0.05) is 29.3 Å². The highest BCUT2D eigenvalue weighted by Gasteiger charge is 2.10. The molecule has 0 amide bonds. The summed E-state index contributed by atoms with van der Waals surface area (Å²) in [6.07, 6.45) is 6.47. The number of hydrogen-bond donors (Lipinski definition) is 3. The average molecular weight is 318 g/mol. The lowest BCUT2D eigenvalue weighted by molar-refractivity contribution is 0.912. The largest absolute Gasteiger partial charge is 0.370 e. The number of nitrogens with two attached hydrogens (primary N) is 1. The molecule has 4 heteroatoms. The number of hydrogen-bond acceptors (Lipinski definition) is 1. The van der Waals surface area contributed by atoms with E-state index in [1.54, 1.807) is 0 Å². The molecule has 1 aromatic heterocycles. The lowest BCUT2D eigenvalue weighted by Crippen LogP contribution is -2.23. The second-order valence-corrected chi connectivity index (χ2v) is 6.34. The quantitative estimate of drug-likeness (QED) is 0.508. The average Bonchev–Trinajstić information content (AvgIpc) is 3.23. The SMILES string of the molecule is NC(=NCCc1cccc2[nH]ccc12)Nc1ccc2c(c1)CCC2. The molecular weight excluding hydrogens is 296 g/mol. The minimum absolute atomic E-state index is 0.481. The van der Waals surface area contributed by atoms with Crippen molar-refractivity contribution in [2.75, 3.05) is 11.9 Å². The van der Waals surface area contributed by atoms with Crippen molar-refractivity contribution < 1.29 is 0 Å². The van der Waals surface area contributed by atoms with Gasteiger partial charge in [-0.05, 0) is 66.6 Å². The molecule has 0 unspecified atom stereocenters. The minimum Gasteiger partial charge on any atom is -0.370 e. The number of nitrogens with zero attached hydrogens (tertiary/aromatic N) is 1. The van der Waals surface area contributed by atoms with Crippen LogP contribution >= 0.6 is 0 Å². The van der Waals surface area contributed by atoms with Crippen molar-refractivity contribution in [2.24, 2.45) is 10.7 Å². The van der Waals surface area contributed by atoms with Gasteiger partial charge in [-0.15, -0.1) is 0 Å². The monoisotopic (exact) mass is 318 g/mol. The Balaban J connectivity index is 1.40. The summed E-state index contributed by atoms with van der Waals surface area (Å²) < 4.78 is 0. The number of anilines is 1. The molecule has 3 aromatic rings. The lowest BCUT2D eigenvalue weighted by Gasteiger charge is -2.08. The summed E-state index contributed by atoms with van der Waals surface area (Å²) in [5.41, 5.74) is 12.4. The van der Waals surface area contributed by atoms with E-state index in [0.29, 0.717) is 12.5 Å². The molecule has 0 aliphatic heterocycles. The third-order valence-corrected chi connectivity index (χ3v) is 4.72. The number of aromatic amines is 1. The van der Waals surface area contributed by atoms with E-state index >= 15 is 0 Å². The second-order valence-electron chi connectivity index (χ2n) is 6.34. The fraction of sp³-hybridized carbons (Fsp3) is 0.250. The predicted molar refractivity (Wildman–Crippen MR) is 101 cm³/mol. The van der Waals surface area contributed by atoms with E-state index in [2.05, 4.69) is 57.8 Å². The highest BCUT2D eigenvalue weighted by Crippen LogP contribution is 2.24. The van der Waals surface area contributed by atoms with Crippen LogP contribution in [0.5, 0.6) is 0 Å². The van der Waals surface area contributed by atoms with Crippen LogP contribution in [0.4, 0.5) is 5.69 Å². The first kappa shape index (κ1) is 14.8. The fourth-order valence-electron chi connectivity index (χ4n) is 3.50. The van der Waals surface area contributed by atoms with Gasteiger partial charge in [0.25, 0.3) is 0 Å². The number of H-pyrrole nitrogens is 1. The van der Waals surface area contributed by atoms with Gasteiger partial charge >= 0.3 is 0 Å². The van der Waals surface area contributed by atoms with Gasteiger partial charge in [-0.2, -0.15) is 0 Å². The maximum absolute atomic E-state index is 6.04. The Morgan fingerprint density at radius 3 is 3.00 bits per heavy atom. The standard InChI is InChI=1S/C20H22N4/c21-20(24-17-8-7-14-3-1-5-16(14)13-17)23-11-9-15-4-2-6-19-18(15)10-12-22-19/h2,4,6-8,10,12-13,22H,1,3,5,9,11H2,(H3,21,23,24). The third kappa shape index (κ3) is 3.00. The lowest BCUT2D eigenvalue weighted by atomic mass is 10.1. The van der Waals surface area contributed by atoms with Crippen molar-refractivity contribution in [3.63, 3.8) is 0 Å². The summed E-state index contributed by atoms with van der Waals surface area (Å²) in [5, 5.41) is 4.47. The van der Waals surface area contributed by atoms with Crippen molar-refractivity contribution in [3.8, 4) is 0 Å². The molecule has 2 aromatic carbocycles. The highest BCUT2D eigenvalue weighted by atomic mass is 15.1. The molecule has 1 heterocycles. The van der Waals surface area contributed by atoms with E-state index in [9.17, 15) is 0 Å². The Labute approximate surface area is 141 Å². The molecule has 0 saturated heterocycles. The van der Waals surface area contributed by atoms with Gasteiger partial charge in [0.15, 0.2) is 5.96 Å². The summed E-state index contributed by atoms with van der Waals surface area (Å²) in [5.74, 6) is 0.481. The molecule has 1 aliphatic rings. The van der Waals surface area contributed by atoms with E-state index in [1.807, 2.05) is 6.20 Å². The zero-order chi connectivity index (χ0) is 16.4. The number of nitrogens with one attached hydrogen (secondary N) is 2. The predicted octanol–water partition coefficient (Wildman–Crippen LogP) is 3.63. The number of aryl methyl sites for hydroxylation is 2. The molecular formula is C20H22N4. The maximum Gasteiger partial charge on any atom is 0.193 e. The molecule has 0 spiro atoms. The molecule has 0 radical (unpaired) electrons. The van der Waals surface area contributed by atoms with Crippen LogP contribution in [0.2, 0.25) is 0 Å². The minimum atomic E-state index is 0.481. The normalized spacial score (nSPS) is 14.1. The van der Waals surface area contributed by atoms with Gasteiger partial charge in [0.1, 0.15) is 0 Å². The number of rotatable bonds is 4. The Kier molecular flexibility index (Phi) is 3.95. The van der Waals surface area contributed by atoms with E-state index in [1.165, 1.54) is 46.9 Å². The van der Waals surface area contributed by atoms with Crippen LogP contribution in [-0.2, 0) is 19.3 Å². The van der Waals surface area contributed by atoms with Crippen LogP contribution < -0.4 is 11.1 Å². The van der Waals surface area contributed by atoms with E-state index in [0.717, 1.165) is 12.1 Å². The molecule has 4 nitrogen and oxygen atoms in total. The number of benzene rings is 2. The van der Waals surface area contributed by atoms with Gasteiger partial charge in [0.2, 0.25) is 0 Å². The topological polar surface area (TPSA) is 66.2 Å².